The van der Waals surface area contributed by atoms with Crippen LogP contribution in [-0.4, -0.2) is 13.6 Å². The SMILES string of the molecule is C#CCN(C)c1ccc(F)cc1[C@@H](C)N. The lowest BCUT2D eigenvalue weighted by molar-refractivity contribution is 0.622. The second kappa shape index (κ2) is 4.81. The number of nitrogens with two attached hydrogens (primary N) is 1. The summed E-state index contributed by atoms with van der Waals surface area (Å²) in [4.78, 5) is 1.87. The third-order valence-electron chi connectivity index (χ3n) is 2.22. The predicted molar refractivity (Wildman–Crippen MR) is 61.1 cm³/mol. The van der Waals surface area contributed by atoms with Crippen molar-refractivity contribution < 1.29 is 4.39 Å². The molecule has 2 nitrogen and oxygen atoms in total. The maximum absolute atomic E-state index is 13.0. The smallest absolute Gasteiger partial charge is 0.123 e. The Kier molecular flexibility index (Phi) is 3.70. The summed E-state index contributed by atoms with van der Waals surface area (Å²) < 4.78 is 13.0. The topological polar surface area (TPSA) is 29.3 Å². The molecule has 1 aromatic rings. The number of hydrogen-bond acceptors (Lipinski definition) is 2. The maximum atomic E-state index is 13.0. The molecule has 0 spiro atoms. The Hall–Kier alpha value is -1.53. The number of nitrogens with zero attached hydrogens (tertiary/aromatic N) is 1. The standard InChI is InChI=1S/C12H15FN2/c1-4-7-15(3)12-6-5-10(13)8-11(12)9(2)14/h1,5-6,8-9H,7,14H2,2-3H3/t9-/m1/s1. The van der Waals surface area contributed by atoms with E-state index in [0.717, 1.165) is 11.3 Å². The van der Waals surface area contributed by atoms with Crippen LogP contribution in [0.5, 0.6) is 0 Å². The molecule has 0 saturated carbocycles. The van der Waals surface area contributed by atoms with Gasteiger partial charge >= 0.3 is 0 Å². The van der Waals surface area contributed by atoms with E-state index in [1.165, 1.54) is 12.1 Å². The Balaban J connectivity index is 3.12. The molecule has 1 atom stereocenters. The summed E-state index contributed by atoms with van der Waals surface area (Å²) in [6.07, 6.45) is 5.23. The van der Waals surface area contributed by atoms with Crippen LogP contribution in [0.4, 0.5) is 10.1 Å². The van der Waals surface area contributed by atoms with E-state index in [9.17, 15) is 4.39 Å². The molecule has 0 amide bonds. The van der Waals surface area contributed by atoms with Crippen LogP contribution in [0.15, 0.2) is 18.2 Å². The fraction of sp³-hybridized carbons (Fsp3) is 0.333. The van der Waals surface area contributed by atoms with Crippen molar-refractivity contribution in [2.75, 3.05) is 18.5 Å². The van der Waals surface area contributed by atoms with Crippen LogP contribution < -0.4 is 10.6 Å². The Morgan fingerprint density at radius 2 is 2.27 bits per heavy atom. The van der Waals surface area contributed by atoms with Crippen LogP contribution in [-0.2, 0) is 0 Å². The molecule has 1 rings (SSSR count). The van der Waals surface area contributed by atoms with Gasteiger partial charge in [0.15, 0.2) is 0 Å². The van der Waals surface area contributed by atoms with Crippen molar-refractivity contribution in [1.29, 1.82) is 0 Å². The summed E-state index contributed by atoms with van der Waals surface area (Å²) in [6, 6.07) is 4.35. The molecule has 2 N–H and O–H groups in total. The fourth-order valence-corrected chi connectivity index (χ4v) is 1.46. The molecule has 0 aromatic heterocycles. The second-order valence-corrected chi connectivity index (χ2v) is 3.55. The summed E-state index contributed by atoms with van der Waals surface area (Å²) in [7, 11) is 1.86. The van der Waals surface area contributed by atoms with Crippen LogP contribution in [0, 0.1) is 18.2 Å². The van der Waals surface area contributed by atoms with Gasteiger partial charge < -0.3 is 10.6 Å². The number of rotatable bonds is 3. The average molecular weight is 206 g/mol. The van der Waals surface area contributed by atoms with Gasteiger partial charge in [-0.2, -0.15) is 0 Å². The van der Waals surface area contributed by atoms with Crippen LogP contribution in [0.3, 0.4) is 0 Å². The molecule has 0 aliphatic carbocycles. The molecule has 3 heteroatoms. The van der Waals surface area contributed by atoms with E-state index in [-0.39, 0.29) is 11.9 Å². The van der Waals surface area contributed by atoms with Crippen molar-refractivity contribution in [2.24, 2.45) is 5.73 Å². The number of terminal acetylenes is 1. The van der Waals surface area contributed by atoms with Crippen LogP contribution in [0.1, 0.15) is 18.5 Å². The molecule has 0 aliphatic rings. The lowest BCUT2D eigenvalue weighted by atomic mass is 10.1. The first-order valence-electron chi connectivity index (χ1n) is 4.76. The number of hydrogen-bond donors (Lipinski definition) is 1. The molecular weight excluding hydrogens is 191 g/mol. The molecule has 0 heterocycles. The highest BCUT2D eigenvalue weighted by Gasteiger charge is 2.11. The van der Waals surface area contributed by atoms with E-state index < -0.39 is 0 Å². The zero-order valence-corrected chi connectivity index (χ0v) is 9.00. The number of anilines is 1. The normalized spacial score (nSPS) is 11.9. The van der Waals surface area contributed by atoms with E-state index in [1.54, 1.807) is 6.07 Å². The quantitative estimate of drug-likeness (QED) is 0.765. The van der Waals surface area contributed by atoms with E-state index in [0.29, 0.717) is 6.54 Å². The lowest BCUT2D eigenvalue weighted by Crippen LogP contribution is -2.20. The summed E-state index contributed by atoms with van der Waals surface area (Å²) in [5, 5.41) is 0. The van der Waals surface area contributed by atoms with Crippen molar-refractivity contribution >= 4 is 5.69 Å². The van der Waals surface area contributed by atoms with Crippen molar-refractivity contribution in [3.63, 3.8) is 0 Å². The molecule has 0 bridgehead atoms. The first kappa shape index (κ1) is 11.5. The molecule has 0 radical (unpaired) electrons. The van der Waals surface area contributed by atoms with Gasteiger partial charge in [-0.05, 0) is 30.7 Å². The van der Waals surface area contributed by atoms with Gasteiger partial charge in [0.1, 0.15) is 5.82 Å². The first-order chi connectivity index (χ1) is 7.06. The minimum Gasteiger partial charge on any atom is -0.363 e. The molecule has 0 unspecified atom stereocenters. The van der Waals surface area contributed by atoms with E-state index >= 15 is 0 Å². The van der Waals surface area contributed by atoms with Crippen molar-refractivity contribution in [1.82, 2.24) is 0 Å². The van der Waals surface area contributed by atoms with Gasteiger partial charge in [0.25, 0.3) is 0 Å². The Labute approximate surface area is 89.9 Å². The minimum absolute atomic E-state index is 0.212. The van der Waals surface area contributed by atoms with Crippen LogP contribution in [0.25, 0.3) is 0 Å². The van der Waals surface area contributed by atoms with Crippen molar-refractivity contribution in [3.05, 3.63) is 29.6 Å². The average Bonchev–Trinajstić information content (AvgIpc) is 2.17. The summed E-state index contributed by atoms with van der Waals surface area (Å²) in [5.74, 6) is 2.26. The number of benzene rings is 1. The Morgan fingerprint density at radius 1 is 1.60 bits per heavy atom. The largest absolute Gasteiger partial charge is 0.363 e. The lowest BCUT2D eigenvalue weighted by Gasteiger charge is -2.21. The number of halogens is 1. The van der Waals surface area contributed by atoms with Gasteiger partial charge in [0.05, 0.1) is 6.54 Å². The summed E-state index contributed by atoms with van der Waals surface area (Å²) in [6.45, 7) is 2.30. The van der Waals surface area contributed by atoms with Crippen LogP contribution in [0.2, 0.25) is 0 Å². The van der Waals surface area contributed by atoms with Crippen LogP contribution >= 0.6 is 0 Å². The van der Waals surface area contributed by atoms with Gasteiger partial charge in [-0.1, -0.05) is 5.92 Å². The second-order valence-electron chi connectivity index (χ2n) is 3.55. The van der Waals surface area contributed by atoms with Gasteiger partial charge in [-0.25, -0.2) is 4.39 Å². The minimum atomic E-state index is -0.278. The molecule has 0 aliphatic heterocycles. The molecule has 80 valence electrons. The molecule has 0 fully saturated rings. The van der Waals surface area contributed by atoms with Crippen molar-refractivity contribution in [2.45, 2.75) is 13.0 Å². The summed E-state index contributed by atoms with van der Waals surface area (Å²) in [5.41, 5.74) is 7.42. The zero-order chi connectivity index (χ0) is 11.4. The van der Waals surface area contributed by atoms with Gasteiger partial charge in [0.2, 0.25) is 0 Å². The molecule has 0 saturated heterocycles. The third-order valence-corrected chi connectivity index (χ3v) is 2.22. The fourth-order valence-electron chi connectivity index (χ4n) is 1.46. The highest BCUT2D eigenvalue weighted by molar-refractivity contribution is 5.55. The van der Waals surface area contributed by atoms with Gasteiger partial charge in [-0.3, -0.25) is 0 Å². The zero-order valence-electron chi connectivity index (χ0n) is 9.00. The van der Waals surface area contributed by atoms with E-state index in [1.807, 2.05) is 18.9 Å². The van der Waals surface area contributed by atoms with Crippen molar-refractivity contribution in [3.8, 4) is 12.3 Å². The Morgan fingerprint density at radius 3 is 2.80 bits per heavy atom. The van der Waals surface area contributed by atoms with Gasteiger partial charge in [0, 0.05) is 18.8 Å². The van der Waals surface area contributed by atoms with Gasteiger partial charge in [-0.15, -0.1) is 6.42 Å². The highest BCUT2D eigenvalue weighted by Crippen LogP contribution is 2.25. The highest BCUT2D eigenvalue weighted by atomic mass is 19.1. The summed E-state index contributed by atoms with van der Waals surface area (Å²) >= 11 is 0. The third kappa shape index (κ3) is 2.71. The predicted octanol–water partition coefficient (Wildman–Crippen LogP) is 1.91. The van der Waals surface area contributed by atoms with E-state index in [2.05, 4.69) is 5.92 Å². The Bertz CT molecular complexity index is 380. The molecule has 15 heavy (non-hydrogen) atoms. The molecular formula is C12H15FN2. The molecule has 1 aromatic carbocycles. The maximum Gasteiger partial charge on any atom is 0.123 e. The monoisotopic (exact) mass is 206 g/mol. The first-order valence-corrected chi connectivity index (χ1v) is 4.76. The van der Waals surface area contributed by atoms with E-state index in [4.69, 9.17) is 12.2 Å².